The second-order valence-corrected chi connectivity index (χ2v) is 5.25. The molecule has 1 amide bonds. The first kappa shape index (κ1) is 16.7. The Kier molecular flexibility index (Phi) is 5.16. The van der Waals surface area contributed by atoms with Crippen LogP contribution in [0.2, 0.25) is 0 Å². The summed E-state index contributed by atoms with van der Waals surface area (Å²) < 4.78 is 18.5. The minimum atomic E-state index is -1.06. The van der Waals surface area contributed by atoms with Gasteiger partial charge >= 0.3 is 5.97 Å². The zero-order valence-corrected chi connectivity index (χ0v) is 12.9. The molecule has 1 aromatic carbocycles. The summed E-state index contributed by atoms with van der Waals surface area (Å²) in [6, 6.07) is 6.37. The van der Waals surface area contributed by atoms with Gasteiger partial charge in [0, 0.05) is 12.0 Å². The van der Waals surface area contributed by atoms with E-state index in [1.165, 1.54) is 24.3 Å². The fourth-order valence-electron chi connectivity index (χ4n) is 2.29. The molecule has 5 nitrogen and oxygen atoms in total. The zero-order chi connectivity index (χ0) is 17.0. The van der Waals surface area contributed by atoms with Gasteiger partial charge in [0.25, 0.3) is 5.91 Å². The van der Waals surface area contributed by atoms with Crippen molar-refractivity contribution in [3.63, 3.8) is 0 Å². The van der Waals surface area contributed by atoms with Crippen molar-refractivity contribution in [3.05, 3.63) is 58.8 Å². The van der Waals surface area contributed by atoms with E-state index in [2.05, 4.69) is 5.32 Å². The Morgan fingerprint density at radius 3 is 2.48 bits per heavy atom. The third-order valence-corrected chi connectivity index (χ3v) is 3.48. The number of rotatable bonds is 6. The summed E-state index contributed by atoms with van der Waals surface area (Å²) in [6.07, 6.45) is 0.350. The van der Waals surface area contributed by atoms with Crippen LogP contribution in [0.3, 0.4) is 0 Å². The van der Waals surface area contributed by atoms with Crippen LogP contribution in [0.15, 0.2) is 34.7 Å². The Balaban J connectivity index is 2.22. The van der Waals surface area contributed by atoms with Crippen LogP contribution in [0.5, 0.6) is 0 Å². The van der Waals surface area contributed by atoms with Crippen molar-refractivity contribution in [1.29, 1.82) is 0 Å². The first-order chi connectivity index (χ1) is 10.9. The van der Waals surface area contributed by atoms with Gasteiger partial charge in [-0.15, -0.1) is 0 Å². The summed E-state index contributed by atoms with van der Waals surface area (Å²) in [4.78, 5) is 23.4. The predicted molar refractivity (Wildman–Crippen MR) is 81.7 cm³/mol. The highest BCUT2D eigenvalue weighted by molar-refractivity contribution is 5.93. The zero-order valence-electron chi connectivity index (χ0n) is 12.9. The molecule has 1 aromatic heterocycles. The largest absolute Gasteiger partial charge is 0.481 e. The number of carboxylic acids is 1. The number of hydrogen-bond donors (Lipinski definition) is 2. The van der Waals surface area contributed by atoms with Gasteiger partial charge in [-0.2, -0.15) is 0 Å². The Morgan fingerprint density at radius 1 is 1.30 bits per heavy atom. The van der Waals surface area contributed by atoms with Gasteiger partial charge in [0.1, 0.15) is 11.6 Å². The van der Waals surface area contributed by atoms with E-state index < -0.39 is 23.7 Å². The van der Waals surface area contributed by atoms with Crippen molar-refractivity contribution in [2.24, 2.45) is 0 Å². The van der Waals surface area contributed by atoms with Crippen molar-refractivity contribution in [2.75, 3.05) is 0 Å². The Morgan fingerprint density at radius 2 is 1.96 bits per heavy atom. The van der Waals surface area contributed by atoms with Crippen LogP contribution in [0, 0.1) is 12.7 Å². The number of halogens is 1. The minimum Gasteiger partial charge on any atom is -0.481 e. The normalized spacial score (nSPS) is 12.0. The van der Waals surface area contributed by atoms with Crippen molar-refractivity contribution >= 4 is 11.9 Å². The number of aliphatic carboxylic acids is 1. The molecule has 2 aromatic rings. The van der Waals surface area contributed by atoms with E-state index in [-0.39, 0.29) is 12.2 Å². The second kappa shape index (κ2) is 7.09. The average molecular weight is 319 g/mol. The summed E-state index contributed by atoms with van der Waals surface area (Å²) in [5.74, 6) is -1.13. The number of amides is 1. The molecule has 1 heterocycles. The maximum atomic E-state index is 13.0. The van der Waals surface area contributed by atoms with E-state index in [9.17, 15) is 14.0 Å². The molecule has 122 valence electrons. The molecule has 6 heteroatoms. The Bertz CT molecular complexity index is 706. The number of carbonyl (C=O) groups is 2. The third-order valence-electron chi connectivity index (χ3n) is 3.48. The van der Waals surface area contributed by atoms with Crippen LogP contribution in [0.1, 0.15) is 46.8 Å². The number of nitrogens with one attached hydrogen (secondary N) is 1. The lowest BCUT2D eigenvalue weighted by atomic mass is 10.0. The highest BCUT2D eigenvalue weighted by Gasteiger charge is 2.22. The lowest BCUT2D eigenvalue weighted by molar-refractivity contribution is -0.137. The number of benzene rings is 1. The highest BCUT2D eigenvalue weighted by Crippen LogP contribution is 2.20. The molecule has 0 aliphatic rings. The average Bonchev–Trinajstić information content (AvgIpc) is 2.88. The molecule has 0 saturated carbocycles. The number of furan rings is 1. The molecule has 2 rings (SSSR count). The monoisotopic (exact) mass is 319 g/mol. The molecule has 2 N–H and O–H groups in total. The molecular weight excluding hydrogens is 301 g/mol. The fourth-order valence-corrected chi connectivity index (χ4v) is 2.29. The van der Waals surface area contributed by atoms with Gasteiger partial charge in [-0.3, -0.25) is 9.59 Å². The third kappa shape index (κ3) is 4.18. The van der Waals surface area contributed by atoms with Gasteiger partial charge in [0.2, 0.25) is 0 Å². The van der Waals surface area contributed by atoms with E-state index in [0.717, 1.165) is 0 Å². The number of carbonyl (C=O) groups excluding carboxylic acids is 1. The maximum Gasteiger partial charge on any atom is 0.305 e. The van der Waals surface area contributed by atoms with Crippen molar-refractivity contribution in [2.45, 2.75) is 32.7 Å². The number of carboxylic acid groups (broad SMARTS) is 1. The van der Waals surface area contributed by atoms with Crippen LogP contribution in [-0.2, 0) is 11.2 Å². The predicted octanol–water partition coefficient (Wildman–Crippen LogP) is 3.24. The molecule has 23 heavy (non-hydrogen) atoms. The summed E-state index contributed by atoms with van der Waals surface area (Å²) in [5.41, 5.74) is 1.20. The van der Waals surface area contributed by atoms with Gasteiger partial charge in [0.05, 0.1) is 12.5 Å². The van der Waals surface area contributed by atoms with Crippen LogP contribution < -0.4 is 5.32 Å². The molecular formula is C17H18FNO4. The summed E-state index contributed by atoms with van der Waals surface area (Å²) >= 11 is 0. The smallest absolute Gasteiger partial charge is 0.305 e. The minimum absolute atomic E-state index is 0.166. The second-order valence-electron chi connectivity index (χ2n) is 5.25. The van der Waals surface area contributed by atoms with Crippen molar-refractivity contribution < 1.29 is 23.5 Å². The van der Waals surface area contributed by atoms with Gasteiger partial charge in [-0.25, -0.2) is 4.39 Å². The van der Waals surface area contributed by atoms with Gasteiger partial charge in [-0.1, -0.05) is 19.1 Å². The van der Waals surface area contributed by atoms with Gasteiger partial charge < -0.3 is 14.8 Å². The highest BCUT2D eigenvalue weighted by atomic mass is 19.1. The van der Waals surface area contributed by atoms with E-state index in [4.69, 9.17) is 9.52 Å². The summed E-state index contributed by atoms with van der Waals surface area (Å²) in [5, 5.41) is 11.7. The Labute approximate surface area is 133 Å². The maximum absolute atomic E-state index is 13.0. The lowest BCUT2D eigenvalue weighted by Gasteiger charge is -2.17. The number of aryl methyl sites for hydroxylation is 2. The molecule has 0 unspecified atom stereocenters. The van der Waals surface area contributed by atoms with Crippen LogP contribution >= 0.6 is 0 Å². The fraction of sp³-hybridized carbons (Fsp3) is 0.294. The molecule has 0 spiro atoms. The van der Waals surface area contributed by atoms with Crippen LogP contribution in [-0.4, -0.2) is 17.0 Å². The van der Waals surface area contributed by atoms with Gasteiger partial charge in [-0.05, 0) is 30.7 Å². The molecule has 0 bridgehead atoms. The van der Waals surface area contributed by atoms with E-state index in [1.807, 2.05) is 6.92 Å². The molecule has 0 aliphatic heterocycles. The molecule has 0 fully saturated rings. The Hall–Kier alpha value is -2.63. The van der Waals surface area contributed by atoms with Gasteiger partial charge in [0.15, 0.2) is 5.76 Å². The first-order valence-electron chi connectivity index (χ1n) is 7.28. The first-order valence-corrected chi connectivity index (χ1v) is 7.28. The topological polar surface area (TPSA) is 79.5 Å². The summed E-state index contributed by atoms with van der Waals surface area (Å²) in [6.45, 7) is 3.66. The SMILES string of the molecule is CCc1cc(C)c(C(=O)N[C@@H](CC(=O)O)c2ccc(F)cc2)o1. The molecule has 1 atom stereocenters. The van der Waals surface area contributed by atoms with Crippen LogP contribution in [0.4, 0.5) is 4.39 Å². The number of hydrogen-bond acceptors (Lipinski definition) is 3. The van der Waals surface area contributed by atoms with E-state index >= 15 is 0 Å². The van der Waals surface area contributed by atoms with E-state index in [0.29, 0.717) is 23.3 Å². The molecule has 0 aliphatic carbocycles. The standard InChI is InChI=1S/C17H18FNO4/c1-3-13-8-10(2)16(23-13)17(22)19-14(9-15(20)21)11-4-6-12(18)7-5-11/h4-8,14H,3,9H2,1-2H3,(H,19,22)(H,20,21)/t14-/m0/s1. The molecule has 0 radical (unpaired) electrons. The van der Waals surface area contributed by atoms with E-state index in [1.54, 1.807) is 13.0 Å². The summed E-state index contributed by atoms with van der Waals surface area (Å²) in [7, 11) is 0. The van der Waals surface area contributed by atoms with Crippen molar-refractivity contribution in [1.82, 2.24) is 5.32 Å². The van der Waals surface area contributed by atoms with Crippen molar-refractivity contribution in [3.8, 4) is 0 Å². The molecule has 0 saturated heterocycles. The quantitative estimate of drug-likeness (QED) is 0.856. The van der Waals surface area contributed by atoms with Crippen LogP contribution in [0.25, 0.3) is 0 Å². The lowest BCUT2D eigenvalue weighted by Crippen LogP contribution is -2.30.